The Morgan fingerprint density at radius 1 is 1.43 bits per heavy atom. The second kappa shape index (κ2) is 4.68. The maximum Gasteiger partial charge on any atom is 0.309 e. The van der Waals surface area contributed by atoms with Crippen molar-refractivity contribution in [1.29, 1.82) is 0 Å². The van der Waals surface area contributed by atoms with E-state index in [0.29, 0.717) is 12.1 Å². The Kier molecular flexibility index (Phi) is 3.19. The Morgan fingerprint density at radius 3 is 2.76 bits per heavy atom. The number of ether oxygens (including phenoxy) is 1. The number of nitrogens with zero attached hydrogens (tertiary/aromatic N) is 1. The van der Waals surface area contributed by atoms with Crippen LogP contribution in [-0.4, -0.2) is 36.3 Å². The standard InChI is InChI=1S/C16H21NO4/c1-16(2)11(12(16)15(20)21-3)8-17-13(18)9-6-4-5-7-10(9)14(17)19/h6,10-12H,4-5,7-8H2,1-3H3. The fourth-order valence-corrected chi connectivity index (χ4v) is 3.86. The van der Waals surface area contributed by atoms with Crippen LogP contribution in [-0.2, 0) is 19.1 Å². The number of fused-ring (bicyclic) bond motifs is 1. The van der Waals surface area contributed by atoms with Crippen LogP contribution >= 0.6 is 0 Å². The van der Waals surface area contributed by atoms with Gasteiger partial charge < -0.3 is 4.74 Å². The second-order valence-electron chi connectivity index (χ2n) is 6.83. The Morgan fingerprint density at radius 2 is 2.14 bits per heavy atom. The fourth-order valence-electron chi connectivity index (χ4n) is 3.86. The summed E-state index contributed by atoms with van der Waals surface area (Å²) in [6.07, 6.45) is 4.50. The monoisotopic (exact) mass is 291 g/mol. The number of likely N-dealkylation sites (tertiary alicyclic amines) is 1. The lowest BCUT2D eigenvalue weighted by molar-refractivity contribution is -0.144. The third kappa shape index (κ3) is 2.01. The predicted octanol–water partition coefficient (Wildman–Crippen LogP) is 1.53. The number of imide groups is 1. The molecule has 1 aliphatic heterocycles. The van der Waals surface area contributed by atoms with Crippen LogP contribution in [0.3, 0.4) is 0 Å². The smallest absolute Gasteiger partial charge is 0.309 e. The van der Waals surface area contributed by atoms with Gasteiger partial charge in [0, 0.05) is 12.1 Å². The van der Waals surface area contributed by atoms with Crippen molar-refractivity contribution < 1.29 is 19.1 Å². The Balaban J connectivity index is 1.76. The molecule has 0 radical (unpaired) electrons. The second-order valence-corrected chi connectivity index (χ2v) is 6.83. The number of allylic oxidation sites excluding steroid dienone is 1. The van der Waals surface area contributed by atoms with Crippen LogP contribution in [0.5, 0.6) is 0 Å². The Labute approximate surface area is 124 Å². The van der Waals surface area contributed by atoms with Gasteiger partial charge in [-0.3, -0.25) is 19.3 Å². The molecular formula is C16H21NO4. The molecule has 1 saturated heterocycles. The molecule has 5 nitrogen and oxygen atoms in total. The van der Waals surface area contributed by atoms with Gasteiger partial charge in [-0.05, 0) is 30.6 Å². The quantitative estimate of drug-likeness (QED) is 0.584. The molecule has 0 aromatic heterocycles. The van der Waals surface area contributed by atoms with Crippen LogP contribution in [0.1, 0.15) is 33.1 Å². The highest BCUT2D eigenvalue weighted by molar-refractivity contribution is 6.15. The number of rotatable bonds is 3. The van der Waals surface area contributed by atoms with E-state index in [1.807, 2.05) is 19.9 Å². The summed E-state index contributed by atoms with van der Waals surface area (Å²) in [7, 11) is 1.37. The molecule has 1 saturated carbocycles. The number of hydrogen-bond acceptors (Lipinski definition) is 4. The molecule has 0 aromatic rings. The molecule has 3 atom stereocenters. The molecule has 21 heavy (non-hydrogen) atoms. The van der Waals surface area contributed by atoms with Crippen LogP contribution in [0.2, 0.25) is 0 Å². The molecule has 114 valence electrons. The van der Waals surface area contributed by atoms with Gasteiger partial charge in [-0.1, -0.05) is 19.9 Å². The summed E-state index contributed by atoms with van der Waals surface area (Å²) in [5, 5.41) is 0. The highest BCUT2D eigenvalue weighted by atomic mass is 16.5. The van der Waals surface area contributed by atoms with E-state index in [-0.39, 0.29) is 41.0 Å². The highest BCUT2D eigenvalue weighted by Gasteiger charge is 2.64. The molecule has 0 aromatic carbocycles. The topological polar surface area (TPSA) is 63.7 Å². The van der Waals surface area contributed by atoms with Gasteiger partial charge in [0.05, 0.1) is 18.9 Å². The Hall–Kier alpha value is -1.65. The van der Waals surface area contributed by atoms with Gasteiger partial charge >= 0.3 is 5.97 Å². The molecule has 0 bridgehead atoms. The van der Waals surface area contributed by atoms with E-state index < -0.39 is 0 Å². The van der Waals surface area contributed by atoms with Crippen molar-refractivity contribution in [3.63, 3.8) is 0 Å². The van der Waals surface area contributed by atoms with Crippen molar-refractivity contribution in [3.05, 3.63) is 11.6 Å². The van der Waals surface area contributed by atoms with Crippen molar-refractivity contribution in [1.82, 2.24) is 4.90 Å². The van der Waals surface area contributed by atoms with Crippen molar-refractivity contribution in [2.24, 2.45) is 23.2 Å². The largest absolute Gasteiger partial charge is 0.469 e. The van der Waals surface area contributed by atoms with Crippen molar-refractivity contribution in [3.8, 4) is 0 Å². The van der Waals surface area contributed by atoms with E-state index in [1.165, 1.54) is 12.0 Å². The molecule has 0 spiro atoms. The first-order valence-corrected chi connectivity index (χ1v) is 7.53. The average molecular weight is 291 g/mol. The summed E-state index contributed by atoms with van der Waals surface area (Å²) in [5.74, 6) is -0.961. The summed E-state index contributed by atoms with van der Waals surface area (Å²) < 4.78 is 4.81. The highest BCUT2D eigenvalue weighted by Crippen LogP contribution is 2.59. The lowest BCUT2D eigenvalue weighted by atomic mass is 9.90. The zero-order valence-corrected chi connectivity index (χ0v) is 12.7. The minimum atomic E-state index is -0.249. The number of methoxy groups -OCH3 is 1. The number of amides is 2. The zero-order valence-electron chi connectivity index (χ0n) is 12.7. The molecule has 5 heteroatoms. The summed E-state index contributed by atoms with van der Waals surface area (Å²) in [6.45, 7) is 4.30. The summed E-state index contributed by atoms with van der Waals surface area (Å²) >= 11 is 0. The number of esters is 1. The summed E-state index contributed by atoms with van der Waals surface area (Å²) in [4.78, 5) is 37.9. The summed E-state index contributed by atoms with van der Waals surface area (Å²) in [6, 6.07) is 0. The normalized spacial score (nSPS) is 33.6. The predicted molar refractivity (Wildman–Crippen MR) is 74.9 cm³/mol. The van der Waals surface area contributed by atoms with Crippen LogP contribution in [0.25, 0.3) is 0 Å². The number of hydrogen-bond donors (Lipinski definition) is 0. The molecular weight excluding hydrogens is 270 g/mol. The maximum atomic E-state index is 12.4. The molecule has 1 heterocycles. The van der Waals surface area contributed by atoms with E-state index in [1.54, 1.807) is 0 Å². The van der Waals surface area contributed by atoms with Crippen molar-refractivity contribution in [2.75, 3.05) is 13.7 Å². The van der Waals surface area contributed by atoms with E-state index >= 15 is 0 Å². The lowest BCUT2D eigenvalue weighted by Crippen LogP contribution is -2.33. The van der Waals surface area contributed by atoms with E-state index in [2.05, 4.69) is 0 Å². The van der Waals surface area contributed by atoms with Gasteiger partial charge in [-0.15, -0.1) is 0 Å². The minimum absolute atomic E-state index is 0.00129. The minimum Gasteiger partial charge on any atom is -0.469 e. The molecule has 3 rings (SSSR count). The first-order chi connectivity index (χ1) is 9.89. The first kappa shape index (κ1) is 14.3. The molecule has 2 aliphatic carbocycles. The van der Waals surface area contributed by atoms with Crippen LogP contribution < -0.4 is 0 Å². The molecule has 2 fully saturated rings. The first-order valence-electron chi connectivity index (χ1n) is 7.53. The van der Waals surface area contributed by atoms with Gasteiger partial charge in [-0.25, -0.2) is 0 Å². The molecule has 0 N–H and O–H groups in total. The van der Waals surface area contributed by atoms with Gasteiger partial charge in [-0.2, -0.15) is 0 Å². The Bertz CT molecular complexity index is 548. The van der Waals surface area contributed by atoms with Crippen molar-refractivity contribution in [2.45, 2.75) is 33.1 Å². The zero-order chi connectivity index (χ0) is 15.4. The number of carbonyl (C=O) groups excluding carboxylic acids is 3. The SMILES string of the molecule is COC(=O)C1C(CN2C(=O)C3=CCCCC3C2=O)C1(C)C. The average Bonchev–Trinajstić information content (AvgIpc) is 2.93. The maximum absolute atomic E-state index is 12.4. The molecule has 3 aliphatic rings. The van der Waals surface area contributed by atoms with E-state index in [0.717, 1.165) is 19.3 Å². The van der Waals surface area contributed by atoms with E-state index in [4.69, 9.17) is 4.74 Å². The van der Waals surface area contributed by atoms with Crippen LogP contribution in [0, 0.1) is 23.2 Å². The van der Waals surface area contributed by atoms with Gasteiger partial charge in [0.25, 0.3) is 5.91 Å². The van der Waals surface area contributed by atoms with Crippen LogP contribution in [0.4, 0.5) is 0 Å². The lowest BCUT2D eigenvalue weighted by Gasteiger charge is -2.15. The fraction of sp³-hybridized carbons (Fsp3) is 0.688. The van der Waals surface area contributed by atoms with Crippen molar-refractivity contribution >= 4 is 17.8 Å². The van der Waals surface area contributed by atoms with Gasteiger partial charge in [0.2, 0.25) is 5.91 Å². The van der Waals surface area contributed by atoms with E-state index in [9.17, 15) is 14.4 Å². The van der Waals surface area contributed by atoms with Gasteiger partial charge in [0.1, 0.15) is 0 Å². The molecule has 3 unspecified atom stereocenters. The van der Waals surface area contributed by atoms with Crippen LogP contribution in [0.15, 0.2) is 11.6 Å². The third-order valence-electron chi connectivity index (χ3n) is 5.38. The van der Waals surface area contributed by atoms with Gasteiger partial charge in [0.15, 0.2) is 0 Å². The summed E-state index contributed by atoms with van der Waals surface area (Å²) in [5.41, 5.74) is 0.454. The molecule has 2 amide bonds. The third-order valence-corrected chi connectivity index (χ3v) is 5.38. The number of carbonyl (C=O) groups is 3.